The molecule has 206 valence electrons. The molecule has 0 unspecified atom stereocenters. The zero-order valence-electron chi connectivity index (χ0n) is 22.6. The van der Waals surface area contributed by atoms with Crippen LogP contribution in [0.1, 0.15) is 37.0 Å². The molecule has 11 nitrogen and oxygen atoms in total. The van der Waals surface area contributed by atoms with Gasteiger partial charge in [-0.2, -0.15) is 0 Å². The Morgan fingerprint density at radius 2 is 1.87 bits per heavy atom. The van der Waals surface area contributed by atoms with Crippen molar-refractivity contribution < 1.29 is 19.1 Å². The summed E-state index contributed by atoms with van der Waals surface area (Å²) in [5.74, 6) is -0.707. The normalized spacial score (nSPS) is 18.2. The predicted octanol–water partition coefficient (Wildman–Crippen LogP) is 1.89. The van der Waals surface area contributed by atoms with Crippen molar-refractivity contribution in [3.05, 3.63) is 53.8 Å². The van der Waals surface area contributed by atoms with Crippen LogP contribution in [0.25, 0.3) is 0 Å². The monoisotopic (exact) mass is 525 g/mol. The molecule has 11 heteroatoms. The van der Waals surface area contributed by atoms with E-state index in [2.05, 4.69) is 27.4 Å². The fraction of sp³-hybridized carbons (Fsp3) is 0.481. The molecule has 0 saturated carbocycles. The summed E-state index contributed by atoms with van der Waals surface area (Å²) in [5.41, 5.74) is 7.15. The van der Waals surface area contributed by atoms with Crippen molar-refractivity contribution in [3.63, 3.8) is 0 Å². The van der Waals surface area contributed by atoms with Gasteiger partial charge in [0.2, 0.25) is 5.91 Å². The molecule has 2 heterocycles. The van der Waals surface area contributed by atoms with Gasteiger partial charge in [0.05, 0.1) is 12.1 Å². The van der Waals surface area contributed by atoms with Crippen molar-refractivity contribution in [2.45, 2.75) is 38.3 Å². The standard InChI is InChI=1S/C27H39N7O4/c1-6-22(35)30-19-9-7-18(8-10-19)25(36)32-24(29)20-15-34(27(2,3)23(20)28)26(37)31-21(16-33(4)5)17-11-13-38-14-12-17/h6-10,17,21H,1,11-16,28H2,2-5H3,(H,30,35)(H,31,37)(H2,29,32,36)/t21-/m1/s1. The summed E-state index contributed by atoms with van der Waals surface area (Å²) in [6.07, 6.45) is 2.91. The second-order valence-electron chi connectivity index (χ2n) is 10.4. The molecular weight excluding hydrogens is 486 g/mol. The van der Waals surface area contributed by atoms with Gasteiger partial charge < -0.3 is 36.2 Å². The molecule has 4 amide bonds. The minimum Gasteiger partial charge on any atom is -0.400 e. The Kier molecular flexibility index (Phi) is 9.29. The Morgan fingerprint density at radius 3 is 2.45 bits per heavy atom. The molecule has 0 spiro atoms. The Bertz CT molecular complexity index is 1100. The molecule has 1 aromatic carbocycles. The van der Waals surface area contributed by atoms with Gasteiger partial charge in [-0.1, -0.05) is 6.58 Å². The minimum atomic E-state index is -0.847. The van der Waals surface area contributed by atoms with Gasteiger partial charge in [0.15, 0.2) is 0 Å². The third kappa shape index (κ3) is 6.78. The smallest absolute Gasteiger partial charge is 0.318 e. The summed E-state index contributed by atoms with van der Waals surface area (Å²) >= 11 is 0. The number of carbonyl (C=O) groups excluding carboxylic acids is 3. The van der Waals surface area contributed by atoms with Gasteiger partial charge in [-0.25, -0.2) is 4.79 Å². The highest BCUT2D eigenvalue weighted by Crippen LogP contribution is 2.32. The van der Waals surface area contributed by atoms with E-state index in [9.17, 15) is 14.4 Å². The molecule has 2 aliphatic heterocycles. The summed E-state index contributed by atoms with van der Waals surface area (Å²) in [7, 11) is 3.95. The van der Waals surface area contributed by atoms with E-state index in [-0.39, 0.29) is 30.4 Å². The molecule has 0 bridgehead atoms. The predicted molar refractivity (Wildman–Crippen MR) is 147 cm³/mol. The number of urea groups is 1. The number of nitrogens with one attached hydrogen (secondary N) is 4. The minimum absolute atomic E-state index is 0.0548. The van der Waals surface area contributed by atoms with Gasteiger partial charge in [-0.05, 0) is 77.0 Å². The highest BCUT2D eigenvalue weighted by molar-refractivity contribution is 6.12. The first-order valence-electron chi connectivity index (χ1n) is 12.7. The average Bonchev–Trinajstić information content (AvgIpc) is 3.12. The molecule has 3 rings (SSSR count). The molecule has 1 aromatic rings. The van der Waals surface area contributed by atoms with Crippen LogP contribution in [0.2, 0.25) is 0 Å². The van der Waals surface area contributed by atoms with Gasteiger partial charge in [0.1, 0.15) is 5.84 Å². The van der Waals surface area contributed by atoms with E-state index in [1.54, 1.807) is 29.2 Å². The molecule has 6 N–H and O–H groups in total. The molecule has 1 atom stereocenters. The number of amidine groups is 1. The lowest BCUT2D eigenvalue weighted by atomic mass is 9.91. The van der Waals surface area contributed by atoms with Gasteiger partial charge in [-0.3, -0.25) is 15.0 Å². The first-order chi connectivity index (χ1) is 17.9. The number of rotatable bonds is 8. The van der Waals surface area contributed by atoms with Crippen molar-refractivity contribution in [1.29, 1.82) is 5.41 Å². The number of anilines is 1. The number of hydrogen-bond donors (Lipinski definition) is 5. The Hall–Kier alpha value is -3.70. The van der Waals surface area contributed by atoms with Crippen LogP contribution in [-0.2, 0) is 9.53 Å². The number of benzene rings is 1. The van der Waals surface area contributed by atoms with Crippen LogP contribution in [0.15, 0.2) is 48.2 Å². The average molecular weight is 526 g/mol. The first kappa shape index (κ1) is 28.9. The van der Waals surface area contributed by atoms with E-state index in [1.807, 2.05) is 27.9 Å². The van der Waals surface area contributed by atoms with Crippen LogP contribution < -0.4 is 21.7 Å². The van der Waals surface area contributed by atoms with E-state index in [0.29, 0.717) is 48.2 Å². The zero-order valence-corrected chi connectivity index (χ0v) is 22.6. The van der Waals surface area contributed by atoms with E-state index in [1.165, 1.54) is 0 Å². The van der Waals surface area contributed by atoms with Crippen molar-refractivity contribution in [3.8, 4) is 0 Å². The summed E-state index contributed by atoms with van der Waals surface area (Å²) < 4.78 is 5.50. The van der Waals surface area contributed by atoms with Crippen LogP contribution in [0.4, 0.5) is 10.5 Å². The van der Waals surface area contributed by atoms with Gasteiger partial charge in [0, 0.05) is 48.3 Å². The third-order valence-electron chi connectivity index (χ3n) is 7.07. The van der Waals surface area contributed by atoms with Crippen LogP contribution in [-0.4, -0.2) is 85.5 Å². The zero-order chi connectivity index (χ0) is 28.0. The van der Waals surface area contributed by atoms with Crippen molar-refractivity contribution in [1.82, 2.24) is 20.4 Å². The molecule has 2 aliphatic rings. The fourth-order valence-electron chi connectivity index (χ4n) is 4.72. The van der Waals surface area contributed by atoms with Gasteiger partial charge in [0.25, 0.3) is 5.91 Å². The summed E-state index contributed by atoms with van der Waals surface area (Å²) in [6, 6.07) is 5.93. The number of likely N-dealkylation sites (N-methyl/N-ethyl adjacent to an activating group) is 1. The first-order valence-corrected chi connectivity index (χ1v) is 12.7. The topological polar surface area (TPSA) is 153 Å². The second-order valence-corrected chi connectivity index (χ2v) is 10.4. The van der Waals surface area contributed by atoms with E-state index < -0.39 is 11.4 Å². The molecule has 0 radical (unpaired) electrons. The summed E-state index contributed by atoms with van der Waals surface area (Å²) in [6.45, 7) is 9.22. The van der Waals surface area contributed by atoms with Crippen molar-refractivity contribution >= 4 is 29.4 Å². The second kappa shape index (κ2) is 12.2. The number of hydrogen-bond acceptors (Lipinski definition) is 7. The molecule has 1 fully saturated rings. The number of amides is 4. The molecular formula is C27H39N7O4. The van der Waals surface area contributed by atoms with E-state index in [4.69, 9.17) is 15.9 Å². The van der Waals surface area contributed by atoms with Crippen LogP contribution in [0, 0.1) is 11.3 Å². The van der Waals surface area contributed by atoms with Crippen LogP contribution >= 0.6 is 0 Å². The van der Waals surface area contributed by atoms with E-state index in [0.717, 1.165) is 18.9 Å². The number of carbonyl (C=O) groups is 3. The SMILES string of the molecule is C=CC(=O)Nc1ccc(C(=O)NC(=N)C2=C(N)C(C)(C)N(C(=O)N[C@H](CN(C)C)C3CCOCC3)C2)cc1. The maximum atomic E-state index is 13.5. The Balaban J connectivity index is 1.67. The molecule has 0 aliphatic carbocycles. The lowest BCUT2D eigenvalue weighted by Gasteiger charge is -2.37. The van der Waals surface area contributed by atoms with Gasteiger partial charge in [-0.15, -0.1) is 0 Å². The summed E-state index contributed by atoms with van der Waals surface area (Å²) in [4.78, 5) is 41.4. The molecule has 0 aromatic heterocycles. The maximum Gasteiger partial charge on any atom is 0.318 e. The van der Waals surface area contributed by atoms with Crippen LogP contribution in [0.5, 0.6) is 0 Å². The maximum absolute atomic E-state index is 13.5. The highest BCUT2D eigenvalue weighted by atomic mass is 16.5. The third-order valence-corrected chi connectivity index (χ3v) is 7.07. The fourth-order valence-corrected chi connectivity index (χ4v) is 4.72. The van der Waals surface area contributed by atoms with Crippen molar-refractivity contribution in [2.24, 2.45) is 11.7 Å². The largest absolute Gasteiger partial charge is 0.400 e. The number of nitrogens with zero attached hydrogens (tertiary/aromatic N) is 2. The Labute approximate surface area is 223 Å². The van der Waals surface area contributed by atoms with Crippen molar-refractivity contribution in [2.75, 3.05) is 45.7 Å². The highest BCUT2D eigenvalue weighted by Gasteiger charge is 2.43. The van der Waals surface area contributed by atoms with Crippen LogP contribution in [0.3, 0.4) is 0 Å². The van der Waals surface area contributed by atoms with E-state index >= 15 is 0 Å². The summed E-state index contributed by atoms with van der Waals surface area (Å²) in [5, 5.41) is 16.9. The lowest BCUT2D eigenvalue weighted by molar-refractivity contribution is -0.111. The molecule has 38 heavy (non-hydrogen) atoms. The quantitative estimate of drug-likeness (QED) is 0.199. The number of nitrogens with two attached hydrogens (primary N) is 1. The Morgan fingerprint density at radius 1 is 1.24 bits per heavy atom. The molecule has 1 saturated heterocycles. The van der Waals surface area contributed by atoms with Gasteiger partial charge >= 0.3 is 6.03 Å². The number of ether oxygens (including phenoxy) is 1. The lowest BCUT2D eigenvalue weighted by Crippen LogP contribution is -2.56.